The first-order chi connectivity index (χ1) is 8.27. The topological polar surface area (TPSA) is 56.7 Å². The van der Waals surface area contributed by atoms with Gasteiger partial charge >= 0.3 is 0 Å². The summed E-state index contributed by atoms with van der Waals surface area (Å²) in [6, 6.07) is 7.97. The first-order valence-corrected chi connectivity index (χ1v) is 6.10. The molecule has 4 nitrogen and oxygen atoms in total. The maximum atomic E-state index is 6.13. The molecule has 88 valence electrons. The second-order valence-corrected chi connectivity index (χ2v) is 4.74. The van der Waals surface area contributed by atoms with Gasteiger partial charge in [-0.05, 0) is 25.3 Å². The van der Waals surface area contributed by atoms with Gasteiger partial charge in [-0.2, -0.15) is 0 Å². The van der Waals surface area contributed by atoms with Crippen molar-refractivity contribution < 1.29 is 0 Å². The summed E-state index contributed by atoms with van der Waals surface area (Å²) in [5, 5.41) is 8.94. The monoisotopic (exact) mass is 248 g/mol. The van der Waals surface area contributed by atoms with Crippen LogP contribution in [0.25, 0.3) is 11.3 Å². The average molecular weight is 249 g/mol. The van der Waals surface area contributed by atoms with Crippen LogP contribution in [0, 0.1) is 0 Å². The quantitative estimate of drug-likeness (QED) is 0.889. The zero-order valence-electron chi connectivity index (χ0n) is 9.31. The molecule has 0 unspecified atom stereocenters. The summed E-state index contributed by atoms with van der Waals surface area (Å²) in [4.78, 5) is 0. The van der Waals surface area contributed by atoms with Gasteiger partial charge in [0.25, 0.3) is 0 Å². The van der Waals surface area contributed by atoms with Crippen molar-refractivity contribution in [3.8, 4) is 11.3 Å². The average Bonchev–Trinajstić information content (AvgIpc) is 2.60. The van der Waals surface area contributed by atoms with Crippen LogP contribution in [0.5, 0.6) is 0 Å². The standard InChI is InChI=1S/C12H13ClN4/c13-10-7-2-1-6-9(10)11-12(14)17(16-15-11)8-4-3-5-8/h1-2,6-8H,3-5,14H2. The van der Waals surface area contributed by atoms with Gasteiger partial charge in [0, 0.05) is 5.56 Å². The molecule has 1 saturated carbocycles. The van der Waals surface area contributed by atoms with E-state index in [0.717, 1.165) is 18.4 Å². The fourth-order valence-corrected chi connectivity index (χ4v) is 2.27. The van der Waals surface area contributed by atoms with Gasteiger partial charge in [-0.15, -0.1) is 5.10 Å². The van der Waals surface area contributed by atoms with Gasteiger partial charge in [-0.3, -0.25) is 0 Å². The Labute approximate surface area is 104 Å². The number of halogens is 1. The summed E-state index contributed by atoms with van der Waals surface area (Å²) in [6.07, 6.45) is 3.51. The molecule has 1 fully saturated rings. The number of benzene rings is 1. The third-order valence-corrected chi connectivity index (χ3v) is 3.61. The van der Waals surface area contributed by atoms with Gasteiger partial charge in [0.1, 0.15) is 5.69 Å². The van der Waals surface area contributed by atoms with Gasteiger partial charge in [0.05, 0.1) is 11.1 Å². The van der Waals surface area contributed by atoms with Crippen molar-refractivity contribution in [2.75, 3.05) is 5.73 Å². The van der Waals surface area contributed by atoms with Crippen LogP contribution in [0.1, 0.15) is 25.3 Å². The maximum Gasteiger partial charge on any atom is 0.150 e. The lowest BCUT2D eigenvalue weighted by Crippen LogP contribution is -2.19. The van der Waals surface area contributed by atoms with E-state index in [4.69, 9.17) is 17.3 Å². The molecule has 0 amide bonds. The molecule has 2 N–H and O–H groups in total. The van der Waals surface area contributed by atoms with Crippen molar-refractivity contribution >= 4 is 17.4 Å². The van der Waals surface area contributed by atoms with Crippen molar-refractivity contribution in [2.45, 2.75) is 25.3 Å². The maximum absolute atomic E-state index is 6.13. The molecule has 0 spiro atoms. The Morgan fingerprint density at radius 3 is 2.71 bits per heavy atom. The van der Waals surface area contributed by atoms with Crippen LogP contribution in [0.2, 0.25) is 5.02 Å². The molecule has 5 heteroatoms. The molecular weight excluding hydrogens is 236 g/mol. The van der Waals surface area contributed by atoms with Gasteiger partial charge in [-0.25, -0.2) is 4.68 Å². The summed E-state index contributed by atoms with van der Waals surface area (Å²) in [5.74, 6) is 0.614. The van der Waals surface area contributed by atoms with E-state index in [2.05, 4.69) is 10.3 Å². The first-order valence-electron chi connectivity index (χ1n) is 5.73. The Balaban J connectivity index is 2.04. The van der Waals surface area contributed by atoms with E-state index in [1.807, 2.05) is 28.9 Å². The highest BCUT2D eigenvalue weighted by Gasteiger charge is 2.24. The molecule has 0 radical (unpaired) electrons. The van der Waals surface area contributed by atoms with Crippen LogP contribution in [-0.4, -0.2) is 15.0 Å². The van der Waals surface area contributed by atoms with Crippen LogP contribution < -0.4 is 5.73 Å². The van der Waals surface area contributed by atoms with Crippen molar-refractivity contribution in [3.63, 3.8) is 0 Å². The molecule has 0 aliphatic heterocycles. The number of aromatic nitrogens is 3. The highest BCUT2D eigenvalue weighted by molar-refractivity contribution is 6.33. The van der Waals surface area contributed by atoms with Gasteiger partial charge < -0.3 is 5.73 Å². The summed E-state index contributed by atoms with van der Waals surface area (Å²) in [7, 11) is 0. The van der Waals surface area contributed by atoms with Crippen molar-refractivity contribution in [1.29, 1.82) is 0 Å². The molecule has 1 aliphatic rings. The first kappa shape index (κ1) is 10.6. The highest BCUT2D eigenvalue weighted by atomic mass is 35.5. The molecular formula is C12H13ClN4. The van der Waals surface area contributed by atoms with Gasteiger partial charge in [0.2, 0.25) is 0 Å². The zero-order chi connectivity index (χ0) is 11.8. The molecule has 0 bridgehead atoms. The molecule has 1 aliphatic carbocycles. The molecule has 0 saturated heterocycles. The van der Waals surface area contributed by atoms with Gasteiger partial charge in [-0.1, -0.05) is 35.0 Å². The molecule has 1 aromatic heterocycles. The van der Waals surface area contributed by atoms with E-state index in [9.17, 15) is 0 Å². The SMILES string of the molecule is Nc1c(-c2ccccc2Cl)nnn1C1CCC1. The smallest absolute Gasteiger partial charge is 0.150 e. The number of rotatable bonds is 2. The minimum absolute atomic E-state index is 0.415. The van der Waals surface area contributed by atoms with Crippen LogP contribution in [0.3, 0.4) is 0 Å². The second-order valence-electron chi connectivity index (χ2n) is 4.33. The number of anilines is 1. The summed E-state index contributed by atoms with van der Waals surface area (Å²) >= 11 is 6.13. The fourth-order valence-electron chi connectivity index (χ4n) is 2.05. The van der Waals surface area contributed by atoms with Crippen molar-refractivity contribution in [3.05, 3.63) is 29.3 Å². The molecule has 3 rings (SSSR count). The molecule has 1 aromatic carbocycles. The van der Waals surface area contributed by atoms with Crippen molar-refractivity contribution in [1.82, 2.24) is 15.0 Å². The normalized spacial score (nSPS) is 15.8. The van der Waals surface area contributed by atoms with E-state index in [0.29, 0.717) is 22.6 Å². The van der Waals surface area contributed by atoms with E-state index in [-0.39, 0.29) is 0 Å². The summed E-state index contributed by atoms with van der Waals surface area (Å²) in [5.41, 5.74) is 7.62. The third-order valence-electron chi connectivity index (χ3n) is 3.28. The molecule has 0 atom stereocenters. The Hall–Kier alpha value is -1.55. The lowest BCUT2D eigenvalue weighted by molar-refractivity contribution is 0.288. The third kappa shape index (κ3) is 1.69. The lowest BCUT2D eigenvalue weighted by Gasteiger charge is -2.25. The van der Waals surface area contributed by atoms with Crippen LogP contribution in [0.4, 0.5) is 5.82 Å². The minimum Gasteiger partial charge on any atom is -0.382 e. The predicted octanol–water partition coefficient (Wildman–Crippen LogP) is 2.91. The largest absolute Gasteiger partial charge is 0.382 e. The van der Waals surface area contributed by atoms with Crippen LogP contribution in [-0.2, 0) is 0 Å². The second kappa shape index (κ2) is 4.04. The van der Waals surface area contributed by atoms with Crippen molar-refractivity contribution in [2.24, 2.45) is 0 Å². The molecule has 17 heavy (non-hydrogen) atoms. The number of nitrogens with zero attached hydrogens (tertiary/aromatic N) is 3. The fraction of sp³-hybridized carbons (Fsp3) is 0.333. The number of nitrogens with two attached hydrogens (primary N) is 1. The van der Waals surface area contributed by atoms with Gasteiger partial charge in [0.15, 0.2) is 5.82 Å². The Morgan fingerprint density at radius 1 is 1.29 bits per heavy atom. The van der Waals surface area contributed by atoms with E-state index in [1.54, 1.807) is 0 Å². The van der Waals surface area contributed by atoms with E-state index in [1.165, 1.54) is 6.42 Å². The predicted molar refractivity (Wildman–Crippen MR) is 67.8 cm³/mol. The zero-order valence-corrected chi connectivity index (χ0v) is 10.1. The minimum atomic E-state index is 0.415. The molecule has 1 heterocycles. The summed E-state index contributed by atoms with van der Waals surface area (Å²) < 4.78 is 1.82. The highest BCUT2D eigenvalue weighted by Crippen LogP contribution is 2.36. The van der Waals surface area contributed by atoms with Crippen LogP contribution >= 0.6 is 11.6 Å². The number of nitrogen functional groups attached to an aromatic ring is 1. The number of hydrogen-bond donors (Lipinski definition) is 1. The Morgan fingerprint density at radius 2 is 2.06 bits per heavy atom. The van der Waals surface area contributed by atoms with E-state index >= 15 is 0 Å². The number of hydrogen-bond acceptors (Lipinski definition) is 3. The Kier molecular flexibility index (Phi) is 2.52. The Bertz CT molecular complexity index is 545. The van der Waals surface area contributed by atoms with Crippen LogP contribution in [0.15, 0.2) is 24.3 Å². The molecule has 2 aromatic rings. The summed E-state index contributed by atoms with van der Waals surface area (Å²) in [6.45, 7) is 0. The lowest BCUT2D eigenvalue weighted by atomic mass is 9.93. The van der Waals surface area contributed by atoms with E-state index < -0.39 is 0 Å².